The van der Waals surface area contributed by atoms with Gasteiger partial charge in [-0.3, -0.25) is 0 Å². The molecule has 2 heterocycles. The van der Waals surface area contributed by atoms with Crippen LogP contribution in [-0.4, -0.2) is 54.1 Å². The summed E-state index contributed by atoms with van der Waals surface area (Å²) in [6.45, 7) is 11.4. The van der Waals surface area contributed by atoms with Crippen LogP contribution in [0.5, 0.6) is 0 Å². The quantitative estimate of drug-likeness (QED) is 0.879. The highest BCUT2D eigenvalue weighted by molar-refractivity contribution is 5.33. The fraction of sp³-hybridized carbons (Fsp3) is 0.714. The Labute approximate surface area is 116 Å². The Morgan fingerprint density at radius 2 is 1.95 bits per heavy atom. The van der Waals surface area contributed by atoms with Gasteiger partial charge in [0, 0.05) is 56.2 Å². The Bertz CT molecular complexity index is 410. The Morgan fingerprint density at radius 1 is 1.26 bits per heavy atom. The average Bonchev–Trinajstić information content (AvgIpc) is 2.38. The maximum atomic E-state index is 4.66. The van der Waals surface area contributed by atoms with Crippen LogP contribution in [0.3, 0.4) is 0 Å². The molecule has 1 saturated heterocycles. The number of rotatable bonds is 4. The summed E-state index contributed by atoms with van der Waals surface area (Å²) >= 11 is 0. The molecule has 2 rings (SSSR count). The van der Waals surface area contributed by atoms with Crippen LogP contribution in [0.25, 0.3) is 0 Å². The van der Waals surface area contributed by atoms with E-state index in [1.165, 1.54) is 5.56 Å². The Morgan fingerprint density at radius 3 is 2.53 bits per heavy atom. The molecule has 0 amide bonds. The average molecular weight is 263 g/mol. The second kappa shape index (κ2) is 6.30. The minimum Gasteiger partial charge on any atom is -0.338 e. The third kappa shape index (κ3) is 3.88. The minimum atomic E-state index is 0.483. The smallest absolute Gasteiger partial charge is 0.225 e. The zero-order valence-corrected chi connectivity index (χ0v) is 12.5. The number of aryl methyl sites for hydroxylation is 1. The first-order valence-corrected chi connectivity index (χ1v) is 7.05. The van der Waals surface area contributed by atoms with E-state index in [0.717, 1.165) is 44.4 Å². The second-order valence-electron chi connectivity index (χ2n) is 5.61. The van der Waals surface area contributed by atoms with Crippen molar-refractivity contribution in [3.8, 4) is 0 Å². The Balaban J connectivity index is 2.02. The molecule has 0 unspecified atom stereocenters. The van der Waals surface area contributed by atoms with E-state index in [1.54, 1.807) is 0 Å². The van der Waals surface area contributed by atoms with Crippen LogP contribution in [-0.2, 0) is 6.54 Å². The molecule has 0 aromatic carbocycles. The van der Waals surface area contributed by atoms with E-state index < -0.39 is 0 Å². The SMILES string of the molecule is Cc1nc(N2CCN(C)CC2)ncc1CNC(C)C. The lowest BCUT2D eigenvalue weighted by molar-refractivity contribution is 0.311. The summed E-state index contributed by atoms with van der Waals surface area (Å²) in [4.78, 5) is 13.8. The number of hydrogen-bond acceptors (Lipinski definition) is 5. The highest BCUT2D eigenvalue weighted by atomic mass is 15.3. The molecule has 0 saturated carbocycles. The molecule has 5 nitrogen and oxygen atoms in total. The van der Waals surface area contributed by atoms with Gasteiger partial charge >= 0.3 is 0 Å². The number of nitrogens with one attached hydrogen (secondary N) is 1. The zero-order chi connectivity index (χ0) is 13.8. The predicted molar refractivity (Wildman–Crippen MR) is 78.5 cm³/mol. The van der Waals surface area contributed by atoms with Crippen molar-refractivity contribution >= 4 is 5.95 Å². The number of aromatic nitrogens is 2. The summed E-state index contributed by atoms with van der Waals surface area (Å²) in [6.07, 6.45) is 1.96. The predicted octanol–water partition coefficient (Wildman–Crippen LogP) is 1.03. The summed E-state index contributed by atoms with van der Waals surface area (Å²) in [6, 6.07) is 0.483. The lowest BCUT2D eigenvalue weighted by Gasteiger charge is -2.32. The standard InChI is InChI=1S/C14H25N5/c1-11(2)15-9-13-10-16-14(17-12(13)3)19-7-5-18(4)6-8-19/h10-11,15H,5-9H2,1-4H3. The van der Waals surface area contributed by atoms with Crippen LogP contribution in [0.1, 0.15) is 25.1 Å². The zero-order valence-electron chi connectivity index (χ0n) is 12.5. The van der Waals surface area contributed by atoms with Gasteiger partial charge in [-0.2, -0.15) is 0 Å². The summed E-state index contributed by atoms with van der Waals surface area (Å²) in [5.74, 6) is 0.874. The Kier molecular flexibility index (Phi) is 4.71. The highest BCUT2D eigenvalue weighted by Gasteiger charge is 2.17. The molecule has 1 aromatic heterocycles. The number of hydrogen-bond donors (Lipinski definition) is 1. The lowest BCUT2D eigenvalue weighted by atomic mass is 10.2. The first-order valence-electron chi connectivity index (χ1n) is 7.05. The molecule has 1 aliphatic heterocycles. The molecule has 0 atom stereocenters. The number of nitrogens with zero attached hydrogens (tertiary/aromatic N) is 4. The van der Waals surface area contributed by atoms with Gasteiger partial charge in [0.05, 0.1) is 0 Å². The van der Waals surface area contributed by atoms with Crippen molar-refractivity contribution in [3.05, 3.63) is 17.5 Å². The maximum absolute atomic E-state index is 4.66. The van der Waals surface area contributed by atoms with E-state index in [4.69, 9.17) is 0 Å². The van der Waals surface area contributed by atoms with E-state index in [9.17, 15) is 0 Å². The van der Waals surface area contributed by atoms with Crippen LogP contribution in [0.4, 0.5) is 5.95 Å². The van der Waals surface area contributed by atoms with E-state index in [2.05, 4.69) is 52.9 Å². The topological polar surface area (TPSA) is 44.3 Å². The van der Waals surface area contributed by atoms with Crippen LogP contribution < -0.4 is 10.2 Å². The van der Waals surface area contributed by atoms with Gasteiger partial charge in [-0.15, -0.1) is 0 Å². The molecule has 1 aromatic rings. The third-order valence-corrected chi connectivity index (χ3v) is 3.56. The number of anilines is 1. The maximum Gasteiger partial charge on any atom is 0.225 e. The van der Waals surface area contributed by atoms with Crippen molar-refractivity contribution in [1.29, 1.82) is 0 Å². The molecule has 0 bridgehead atoms. The molecule has 106 valence electrons. The molecule has 19 heavy (non-hydrogen) atoms. The highest BCUT2D eigenvalue weighted by Crippen LogP contribution is 2.13. The van der Waals surface area contributed by atoms with Crippen molar-refractivity contribution in [1.82, 2.24) is 20.2 Å². The van der Waals surface area contributed by atoms with Gasteiger partial charge < -0.3 is 15.1 Å². The first kappa shape index (κ1) is 14.2. The second-order valence-corrected chi connectivity index (χ2v) is 5.61. The Hall–Kier alpha value is -1.20. The van der Waals surface area contributed by atoms with E-state index in [-0.39, 0.29) is 0 Å². The fourth-order valence-electron chi connectivity index (χ4n) is 2.13. The molecular formula is C14H25N5. The molecular weight excluding hydrogens is 238 g/mol. The summed E-state index contributed by atoms with van der Waals surface area (Å²) < 4.78 is 0. The van der Waals surface area contributed by atoms with Gasteiger partial charge in [0.15, 0.2) is 0 Å². The molecule has 1 fully saturated rings. The summed E-state index contributed by atoms with van der Waals surface area (Å²) in [7, 11) is 2.16. The van der Waals surface area contributed by atoms with Crippen molar-refractivity contribution in [2.75, 3.05) is 38.1 Å². The van der Waals surface area contributed by atoms with Crippen LogP contribution >= 0.6 is 0 Å². The third-order valence-electron chi connectivity index (χ3n) is 3.56. The number of likely N-dealkylation sites (N-methyl/N-ethyl adjacent to an activating group) is 1. The van der Waals surface area contributed by atoms with Gasteiger partial charge in [-0.05, 0) is 14.0 Å². The van der Waals surface area contributed by atoms with Gasteiger partial charge in [0.1, 0.15) is 0 Å². The fourth-order valence-corrected chi connectivity index (χ4v) is 2.13. The molecule has 0 spiro atoms. The number of piperazine rings is 1. The molecule has 0 radical (unpaired) electrons. The normalized spacial score (nSPS) is 17.2. The summed E-state index contributed by atoms with van der Waals surface area (Å²) in [5.41, 5.74) is 2.27. The van der Waals surface area contributed by atoms with Crippen LogP contribution in [0, 0.1) is 6.92 Å². The van der Waals surface area contributed by atoms with Gasteiger partial charge in [0.2, 0.25) is 5.95 Å². The monoisotopic (exact) mass is 263 g/mol. The van der Waals surface area contributed by atoms with Gasteiger partial charge in [-0.25, -0.2) is 9.97 Å². The van der Waals surface area contributed by atoms with Crippen LogP contribution in [0.15, 0.2) is 6.20 Å². The lowest BCUT2D eigenvalue weighted by Crippen LogP contribution is -2.45. The van der Waals surface area contributed by atoms with Gasteiger partial charge in [0.25, 0.3) is 0 Å². The first-order chi connectivity index (χ1) is 9.06. The van der Waals surface area contributed by atoms with Crippen LogP contribution in [0.2, 0.25) is 0 Å². The summed E-state index contributed by atoms with van der Waals surface area (Å²) in [5, 5.41) is 3.41. The molecule has 1 N–H and O–H groups in total. The van der Waals surface area contributed by atoms with E-state index in [1.807, 2.05) is 6.20 Å². The minimum absolute atomic E-state index is 0.483. The van der Waals surface area contributed by atoms with Crippen molar-refractivity contribution in [2.45, 2.75) is 33.4 Å². The molecule has 0 aliphatic carbocycles. The molecule has 1 aliphatic rings. The largest absolute Gasteiger partial charge is 0.338 e. The van der Waals surface area contributed by atoms with Crippen molar-refractivity contribution in [2.24, 2.45) is 0 Å². The van der Waals surface area contributed by atoms with Crippen molar-refractivity contribution < 1.29 is 0 Å². The van der Waals surface area contributed by atoms with E-state index >= 15 is 0 Å². The van der Waals surface area contributed by atoms with E-state index in [0.29, 0.717) is 6.04 Å². The van der Waals surface area contributed by atoms with Crippen molar-refractivity contribution in [3.63, 3.8) is 0 Å². The van der Waals surface area contributed by atoms with Gasteiger partial charge in [-0.1, -0.05) is 13.8 Å². The molecule has 5 heteroatoms.